The minimum Gasteiger partial charge on any atom is -0.477 e. The molecule has 0 saturated heterocycles. The van der Waals surface area contributed by atoms with Crippen molar-refractivity contribution in [2.75, 3.05) is 13.1 Å². The molecule has 0 radical (unpaired) electrons. The molecule has 0 aliphatic heterocycles. The fraction of sp³-hybridized carbons (Fsp3) is 0.263. The van der Waals surface area contributed by atoms with Gasteiger partial charge in [0.1, 0.15) is 5.71 Å². The summed E-state index contributed by atoms with van der Waals surface area (Å²) in [6.07, 6.45) is 1.71. The smallest absolute Gasteiger partial charge is 0.351 e. The van der Waals surface area contributed by atoms with Crippen LogP contribution in [0.15, 0.2) is 53.6 Å². The van der Waals surface area contributed by atoms with Gasteiger partial charge in [-0.15, -0.1) is 12.4 Å². The fourth-order valence-electron chi connectivity index (χ4n) is 1.94. The summed E-state index contributed by atoms with van der Waals surface area (Å²) in [6, 6.07) is 15.3. The number of halogens is 3. The van der Waals surface area contributed by atoms with E-state index in [1.54, 1.807) is 0 Å². The third-order valence-corrected chi connectivity index (χ3v) is 3.97. The van der Waals surface area contributed by atoms with E-state index in [0.29, 0.717) is 11.6 Å². The van der Waals surface area contributed by atoms with Crippen molar-refractivity contribution >= 4 is 47.3 Å². The first-order valence-corrected chi connectivity index (χ1v) is 9.10. The van der Waals surface area contributed by atoms with Crippen molar-refractivity contribution in [1.29, 1.82) is 0 Å². The number of nitrogens with two attached hydrogens (primary N) is 1. The van der Waals surface area contributed by atoms with Gasteiger partial charge in [-0.1, -0.05) is 47.5 Å². The third kappa shape index (κ3) is 11.8. The number of carboxylic acid groups (broad SMARTS) is 1. The van der Waals surface area contributed by atoms with Gasteiger partial charge in [0.05, 0.1) is 0 Å². The highest BCUT2D eigenvalue weighted by molar-refractivity contribution is 6.34. The largest absolute Gasteiger partial charge is 0.477 e. The van der Waals surface area contributed by atoms with Crippen molar-refractivity contribution in [2.24, 2.45) is 10.9 Å². The number of rotatable bonds is 8. The summed E-state index contributed by atoms with van der Waals surface area (Å²) in [5.41, 5.74) is 7.72. The van der Waals surface area contributed by atoms with E-state index in [4.69, 9.17) is 34.2 Å². The first-order chi connectivity index (χ1) is 12.9. The number of hydrazine groups is 1. The second-order valence-corrected chi connectivity index (χ2v) is 6.49. The molecular weight excluding hydrogens is 423 g/mol. The molecule has 0 spiro atoms. The monoisotopic (exact) mass is 446 g/mol. The topological polar surface area (TPSA) is 99.7 Å². The number of hydrazone groups is 1. The molecule has 5 N–H and O–H groups in total. The van der Waals surface area contributed by atoms with Gasteiger partial charge in [0, 0.05) is 23.1 Å². The van der Waals surface area contributed by atoms with Crippen LogP contribution < -0.4 is 16.7 Å². The van der Waals surface area contributed by atoms with Crippen molar-refractivity contribution in [3.63, 3.8) is 0 Å². The van der Waals surface area contributed by atoms with Crippen molar-refractivity contribution in [3.8, 4) is 0 Å². The maximum atomic E-state index is 10.4. The Kier molecular flexibility index (Phi) is 14.1. The van der Waals surface area contributed by atoms with Crippen molar-refractivity contribution < 1.29 is 9.90 Å². The zero-order valence-electron chi connectivity index (χ0n) is 15.5. The highest BCUT2D eigenvalue weighted by atomic mass is 35.5. The molecular formula is C19H25Cl3N4O2. The van der Waals surface area contributed by atoms with Crippen LogP contribution in [0.25, 0.3) is 0 Å². The normalized spacial score (nSPS) is 10.4. The summed E-state index contributed by atoms with van der Waals surface area (Å²) in [7, 11) is 0. The zero-order chi connectivity index (χ0) is 20.1. The van der Waals surface area contributed by atoms with Crippen molar-refractivity contribution in [1.82, 2.24) is 10.9 Å². The Morgan fingerprint density at radius 2 is 1.39 bits per heavy atom. The Morgan fingerprint density at radius 3 is 1.79 bits per heavy atom. The van der Waals surface area contributed by atoms with Crippen LogP contribution >= 0.6 is 35.6 Å². The lowest BCUT2D eigenvalue weighted by atomic mass is 10.2. The molecule has 28 heavy (non-hydrogen) atoms. The maximum absolute atomic E-state index is 10.4. The zero-order valence-corrected chi connectivity index (χ0v) is 17.8. The Hall–Kier alpha value is -1.83. The molecule has 0 atom stereocenters. The number of hydrogen-bond acceptors (Lipinski definition) is 5. The maximum Gasteiger partial charge on any atom is 0.351 e. The van der Waals surface area contributed by atoms with E-state index in [1.807, 2.05) is 48.5 Å². The minimum absolute atomic E-state index is 0. The van der Waals surface area contributed by atoms with Crippen LogP contribution in [0.5, 0.6) is 0 Å². The van der Waals surface area contributed by atoms with E-state index in [0.717, 1.165) is 30.0 Å². The summed E-state index contributed by atoms with van der Waals surface area (Å²) in [6.45, 7) is 2.82. The summed E-state index contributed by atoms with van der Waals surface area (Å²) in [4.78, 5) is 10.4. The SMILES string of the molecule is CC(=NNCCc1ccc(Cl)cc1)C(=O)O.Cl.NNCCc1ccc(Cl)cc1. The van der Waals surface area contributed by atoms with Gasteiger partial charge >= 0.3 is 5.97 Å². The van der Waals surface area contributed by atoms with E-state index < -0.39 is 5.97 Å². The number of nitrogens with zero attached hydrogens (tertiary/aromatic N) is 1. The van der Waals surface area contributed by atoms with Gasteiger partial charge in [-0.3, -0.25) is 11.3 Å². The van der Waals surface area contributed by atoms with Gasteiger partial charge in [-0.25, -0.2) is 4.79 Å². The summed E-state index contributed by atoms with van der Waals surface area (Å²) < 4.78 is 0. The number of carboxylic acids is 1. The minimum atomic E-state index is -1.01. The first kappa shape index (κ1) is 26.2. The molecule has 2 aromatic rings. The molecule has 0 bridgehead atoms. The molecule has 154 valence electrons. The highest BCUT2D eigenvalue weighted by Gasteiger charge is 2.00. The van der Waals surface area contributed by atoms with Gasteiger partial charge in [0.25, 0.3) is 0 Å². The summed E-state index contributed by atoms with van der Waals surface area (Å²) in [5, 5.41) is 13.7. The van der Waals surface area contributed by atoms with Gasteiger partial charge in [0.2, 0.25) is 0 Å². The van der Waals surface area contributed by atoms with Gasteiger partial charge in [0.15, 0.2) is 0 Å². The number of benzene rings is 2. The van der Waals surface area contributed by atoms with Crippen molar-refractivity contribution in [2.45, 2.75) is 19.8 Å². The van der Waals surface area contributed by atoms with Crippen LogP contribution in [0.4, 0.5) is 0 Å². The quantitative estimate of drug-likeness (QED) is 0.214. The highest BCUT2D eigenvalue weighted by Crippen LogP contribution is 2.10. The number of hydrogen-bond donors (Lipinski definition) is 4. The first-order valence-electron chi connectivity index (χ1n) is 8.35. The Labute approximate surface area is 181 Å². The van der Waals surface area contributed by atoms with E-state index >= 15 is 0 Å². The number of aliphatic carboxylic acids is 1. The van der Waals surface area contributed by atoms with Crippen LogP contribution in [0, 0.1) is 0 Å². The molecule has 0 amide bonds. The third-order valence-electron chi connectivity index (χ3n) is 3.47. The lowest BCUT2D eigenvalue weighted by molar-refractivity contribution is -0.129. The Balaban J connectivity index is 0.000000535. The lowest BCUT2D eigenvalue weighted by Crippen LogP contribution is -2.24. The van der Waals surface area contributed by atoms with Crippen LogP contribution in [0.3, 0.4) is 0 Å². The summed E-state index contributed by atoms with van der Waals surface area (Å²) in [5.74, 6) is 4.12. The molecule has 0 aromatic heterocycles. The summed E-state index contributed by atoms with van der Waals surface area (Å²) >= 11 is 11.5. The Morgan fingerprint density at radius 1 is 0.964 bits per heavy atom. The molecule has 0 unspecified atom stereocenters. The lowest BCUT2D eigenvalue weighted by Gasteiger charge is -2.02. The molecule has 2 rings (SSSR count). The molecule has 0 aliphatic carbocycles. The standard InChI is InChI=1S/C11H13ClN2O2.C8H11ClN2.ClH/c1-8(11(15)16)14-13-7-6-9-2-4-10(12)5-3-9;9-8-3-1-7(2-4-8)5-6-11-10;/h2-5,13H,6-7H2,1H3,(H,15,16);1-4,11H,5-6,10H2;1H. The number of carbonyl (C=O) groups is 1. The van der Waals surface area contributed by atoms with Crippen LogP contribution in [0.1, 0.15) is 18.1 Å². The molecule has 9 heteroatoms. The predicted octanol–water partition coefficient (Wildman–Crippen LogP) is 3.70. The number of nitrogens with one attached hydrogen (secondary N) is 2. The van der Waals surface area contributed by atoms with E-state index in [1.165, 1.54) is 12.5 Å². The van der Waals surface area contributed by atoms with E-state index in [9.17, 15) is 4.79 Å². The molecule has 6 nitrogen and oxygen atoms in total. The Bertz CT molecular complexity index is 723. The van der Waals surface area contributed by atoms with Crippen LogP contribution in [-0.2, 0) is 17.6 Å². The molecule has 2 aromatic carbocycles. The average molecular weight is 448 g/mol. The fourth-order valence-corrected chi connectivity index (χ4v) is 2.19. The average Bonchev–Trinajstić information content (AvgIpc) is 2.66. The van der Waals surface area contributed by atoms with E-state index in [2.05, 4.69) is 16.0 Å². The molecule has 0 saturated carbocycles. The van der Waals surface area contributed by atoms with Crippen LogP contribution in [-0.4, -0.2) is 29.9 Å². The van der Waals surface area contributed by atoms with Crippen molar-refractivity contribution in [3.05, 3.63) is 69.7 Å². The molecule has 0 fully saturated rings. The second kappa shape index (κ2) is 15.1. The van der Waals surface area contributed by atoms with Gasteiger partial charge < -0.3 is 10.5 Å². The van der Waals surface area contributed by atoms with Crippen LogP contribution in [0.2, 0.25) is 10.0 Å². The predicted molar refractivity (Wildman–Crippen MR) is 118 cm³/mol. The molecule has 0 heterocycles. The second-order valence-electron chi connectivity index (χ2n) is 5.62. The molecule has 0 aliphatic rings. The van der Waals surface area contributed by atoms with Gasteiger partial charge in [-0.05, 0) is 55.2 Å². The van der Waals surface area contributed by atoms with Gasteiger partial charge in [-0.2, -0.15) is 5.10 Å². The van der Waals surface area contributed by atoms with E-state index in [-0.39, 0.29) is 18.1 Å².